The van der Waals surface area contributed by atoms with Crippen LogP contribution in [-0.4, -0.2) is 67.8 Å². The zero-order valence-corrected chi connectivity index (χ0v) is 18.1. The first-order valence-electron chi connectivity index (χ1n) is 10.7. The van der Waals surface area contributed by atoms with Crippen LogP contribution in [0.1, 0.15) is 34.3 Å². The Bertz CT molecular complexity index is 1240. The van der Waals surface area contributed by atoms with E-state index in [-0.39, 0.29) is 17.3 Å². The van der Waals surface area contributed by atoms with Crippen molar-refractivity contribution in [2.45, 2.75) is 25.3 Å². The van der Waals surface area contributed by atoms with Gasteiger partial charge in [0.25, 0.3) is 5.91 Å². The van der Waals surface area contributed by atoms with Crippen LogP contribution >= 0.6 is 0 Å². The number of amides is 1. The number of nitriles is 1. The molecule has 3 heterocycles. The Labute approximate surface area is 186 Å². The molecule has 0 radical (unpaired) electrons. The number of aromatic hydroxyl groups is 1. The molecular weight excluding hydrogens is 404 g/mol. The van der Waals surface area contributed by atoms with Crippen molar-refractivity contribution in [2.75, 3.05) is 26.7 Å². The maximum Gasteiger partial charge on any atom is 0.255 e. The van der Waals surface area contributed by atoms with E-state index in [0.29, 0.717) is 29.1 Å². The molecule has 0 unspecified atom stereocenters. The average molecular weight is 428 g/mol. The normalized spacial score (nSPS) is 17.3. The molecule has 1 saturated heterocycles. The zero-order valence-electron chi connectivity index (χ0n) is 18.1. The molecule has 162 valence electrons. The standard InChI is InChI=1S/C24H24N6O2/c1-16-11-17(12-25)3-5-19(16)20-14-27-30(23(20)32)21-6-4-18(13-26-21)22(31)29-10-9-28(2)24(15-29)7-8-24/h3-6,11,13-14,32H,7-10,15H2,1-2H3. The topological polar surface area (TPSA) is 98.3 Å². The van der Waals surface area contributed by atoms with E-state index >= 15 is 0 Å². The fourth-order valence-corrected chi connectivity index (χ4v) is 4.48. The molecule has 32 heavy (non-hydrogen) atoms. The number of pyridine rings is 1. The number of benzene rings is 1. The lowest BCUT2D eigenvalue weighted by Crippen LogP contribution is -2.54. The molecule has 0 bridgehead atoms. The molecule has 2 aliphatic rings. The fourth-order valence-electron chi connectivity index (χ4n) is 4.48. The van der Waals surface area contributed by atoms with E-state index in [1.165, 1.54) is 4.68 Å². The maximum atomic E-state index is 13.0. The molecule has 0 atom stereocenters. The van der Waals surface area contributed by atoms with E-state index in [4.69, 9.17) is 5.26 Å². The number of carbonyl (C=O) groups excluding carboxylic acids is 1. The highest BCUT2D eigenvalue weighted by molar-refractivity contribution is 5.94. The summed E-state index contributed by atoms with van der Waals surface area (Å²) in [6, 6.07) is 10.8. The highest BCUT2D eigenvalue weighted by atomic mass is 16.3. The second kappa shape index (κ2) is 7.46. The van der Waals surface area contributed by atoms with Crippen LogP contribution in [0.5, 0.6) is 5.88 Å². The number of piperazine rings is 1. The molecule has 1 saturated carbocycles. The van der Waals surface area contributed by atoms with E-state index in [0.717, 1.165) is 37.1 Å². The highest BCUT2D eigenvalue weighted by Crippen LogP contribution is 2.43. The van der Waals surface area contributed by atoms with Crippen LogP contribution in [0, 0.1) is 18.3 Å². The van der Waals surface area contributed by atoms with Gasteiger partial charge in [-0.3, -0.25) is 9.69 Å². The largest absolute Gasteiger partial charge is 0.493 e. The summed E-state index contributed by atoms with van der Waals surface area (Å²) in [5, 5.41) is 24.1. The summed E-state index contributed by atoms with van der Waals surface area (Å²) in [6.07, 6.45) is 5.40. The third-order valence-electron chi connectivity index (χ3n) is 6.72. The number of hydrogen-bond donors (Lipinski definition) is 1. The summed E-state index contributed by atoms with van der Waals surface area (Å²) in [4.78, 5) is 21.7. The summed E-state index contributed by atoms with van der Waals surface area (Å²) >= 11 is 0. The second-order valence-electron chi connectivity index (χ2n) is 8.71. The Kier molecular flexibility index (Phi) is 4.72. The van der Waals surface area contributed by atoms with Crippen molar-refractivity contribution in [3.05, 3.63) is 59.4 Å². The van der Waals surface area contributed by atoms with Gasteiger partial charge in [0.1, 0.15) is 0 Å². The first-order chi connectivity index (χ1) is 15.4. The number of aryl methyl sites for hydroxylation is 1. The third-order valence-corrected chi connectivity index (χ3v) is 6.72. The average Bonchev–Trinajstić information content (AvgIpc) is 3.49. The minimum Gasteiger partial charge on any atom is -0.493 e. The van der Waals surface area contributed by atoms with Crippen LogP contribution in [-0.2, 0) is 0 Å². The van der Waals surface area contributed by atoms with Gasteiger partial charge in [-0.05, 0) is 62.2 Å². The lowest BCUT2D eigenvalue weighted by Gasteiger charge is -2.40. The predicted molar refractivity (Wildman–Crippen MR) is 118 cm³/mol. The van der Waals surface area contributed by atoms with Gasteiger partial charge in [0.2, 0.25) is 5.88 Å². The summed E-state index contributed by atoms with van der Waals surface area (Å²) in [6.45, 7) is 4.25. The molecule has 8 heteroatoms. The van der Waals surface area contributed by atoms with Crippen molar-refractivity contribution in [1.82, 2.24) is 24.6 Å². The lowest BCUT2D eigenvalue weighted by atomic mass is 10.0. The number of rotatable bonds is 3. The van der Waals surface area contributed by atoms with Gasteiger partial charge in [0, 0.05) is 31.4 Å². The lowest BCUT2D eigenvalue weighted by molar-refractivity contribution is 0.0497. The molecule has 5 rings (SSSR count). The van der Waals surface area contributed by atoms with Gasteiger partial charge in [-0.25, -0.2) is 4.98 Å². The molecule has 1 aliphatic heterocycles. The molecule has 2 aromatic heterocycles. The molecular formula is C24H24N6O2. The number of carbonyl (C=O) groups is 1. The van der Waals surface area contributed by atoms with E-state index in [9.17, 15) is 9.90 Å². The SMILES string of the molecule is Cc1cc(C#N)ccc1-c1cnn(-c2ccc(C(=O)N3CCN(C)C4(CC4)C3)cn2)c1O. The van der Waals surface area contributed by atoms with Crippen molar-refractivity contribution in [2.24, 2.45) is 0 Å². The number of aromatic nitrogens is 3. The van der Waals surface area contributed by atoms with Crippen LogP contribution in [0.3, 0.4) is 0 Å². The Morgan fingerprint density at radius 2 is 1.97 bits per heavy atom. The van der Waals surface area contributed by atoms with Crippen molar-refractivity contribution < 1.29 is 9.90 Å². The molecule has 1 aromatic carbocycles. The zero-order chi connectivity index (χ0) is 22.5. The van der Waals surface area contributed by atoms with Crippen molar-refractivity contribution in [1.29, 1.82) is 5.26 Å². The van der Waals surface area contributed by atoms with Gasteiger partial charge in [-0.15, -0.1) is 0 Å². The van der Waals surface area contributed by atoms with E-state index in [2.05, 4.69) is 28.1 Å². The summed E-state index contributed by atoms with van der Waals surface area (Å²) < 4.78 is 1.34. The van der Waals surface area contributed by atoms with Crippen molar-refractivity contribution in [3.8, 4) is 28.9 Å². The molecule has 1 aliphatic carbocycles. The first-order valence-corrected chi connectivity index (χ1v) is 10.7. The maximum absolute atomic E-state index is 13.0. The minimum absolute atomic E-state index is 0.0120. The molecule has 8 nitrogen and oxygen atoms in total. The summed E-state index contributed by atoms with van der Waals surface area (Å²) in [7, 11) is 2.13. The van der Waals surface area contributed by atoms with Gasteiger partial charge < -0.3 is 10.0 Å². The highest BCUT2D eigenvalue weighted by Gasteiger charge is 2.50. The second-order valence-corrected chi connectivity index (χ2v) is 8.71. The van der Waals surface area contributed by atoms with E-state index in [1.54, 1.807) is 42.7 Å². The Morgan fingerprint density at radius 3 is 2.62 bits per heavy atom. The van der Waals surface area contributed by atoms with Crippen molar-refractivity contribution in [3.63, 3.8) is 0 Å². The van der Waals surface area contributed by atoms with Crippen LogP contribution in [0.25, 0.3) is 16.9 Å². The fraction of sp³-hybridized carbons (Fsp3) is 0.333. The molecule has 1 amide bonds. The molecule has 2 fully saturated rings. The van der Waals surface area contributed by atoms with Crippen LogP contribution in [0.15, 0.2) is 42.7 Å². The number of nitrogens with zero attached hydrogens (tertiary/aromatic N) is 6. The first kappa shape index (κ1) is 20.2. The predicted octanol–water partition coefficient (Wildman–Crippen LogP) is 2.74. The van der Waals surface area contributed by atoms with Gasteiger partial charge in [-0.2, -0.15) is 15.0 Å². The Morgan fingerprint density at radius 1 is 1.16 bits per heavy atom. The molecule has 3 aromatic rings. The quantitative estimate of drug-likeness (QED) is 0.689. The summed E-state index contributed by atoms with van der Waals surface area (Å²) in [5.41, 5.74) is 3.48. The van der Waals surface area contributed by atoms with Gasteiger partial charge >= 0.3 is 0 Å². The van der Waals surface area contributed by atoms with Crippen molar-refractivity contribution >= 4 is 5.91 Å². The van der Waals surface area contributed by atoms with E-state index < -0.39 is 0 Å². The van der Waals surface area contributed by atoms with Gasteiger partial charge in [0.15, 0.2) is 5.82 Å². The molecule has 1 spiro atoms. The Balaban J connectivity index is 1.37. The van der Waals surface area contributed by atoms with Crippen LogP contribution < -0.4 is 0 Å². The van der Waals surface area contributed by atoms with Crippen LogP contribution in [0.2, 0.25) is 0 Å². The monoisotopic (exact) mass is 428 g/mol. The Hall–Kier alpha value is -3.70. The van der Waals surface area contributed by atoms with Gasteiger partial charge in [-0.1, -0.05) is 6.07 Å². The number of hydrogen-bond acceptors (Lipinski definition) is 6. The van der Waals surface area contributed by atoms with Crippen LogP contribution in [0.4, 0.5) is 0 Å². The summed E-state index contributed by atoms with van der Waals surface area (Å²) in [5.74, 6) is 0.370. The number of likely N-dealkylation sites (N-methyl/N-ethyl adjacent to an activating group) is 1. The molecule has 1 N–H and O–H groups in total. The van der Waals surface area contributed by atoms with E-state index in [1.807, 2.05) is 11.8 Å². The minimum atomic E-state index is -0.0425. The van der Waals surface area contributed by atoms with Gasteiger partial charge in [0.05, 0.1) is 29.0 Å². The third kappa shape index (κ3) is 3.31. The smallest absolute Gasteiger partial charge is 0.255 e.